The van der Waals surface area contributed by atoms with Gasteiger partial charge in [-0.1, -0.05) is 231 Å². The van der Waals surface area contributed by atoms with E-state index in [4.69, 9.17) is 14.2 Å². The van der Waals surface area contributed by atoms with Crippen molar-refractivity contribution in [2.45, 2.75) is 264 Å². The summed E-state index contributed by atoms with van der Waals surface area (Å²) in [7, 11) is 0. The van der Waals surface area contributed by atoms with Gasteiger partial charge in [0.15, 0.2) is 6.10 Å². The summed E-state index contributed by atoms with van der Waals surface area (Å²) >= 11 is 0. The number of ether oxygens (including phenoxy) is 3. The Bertz CT molecular complexity index is 1600. The van der Waals surface area contributed by atoms with Gasteiger partial charge in [-0.3, -0.25) is 14.4 Å². The van der Waals surface area contributed by atoms with Crippen LogP contribution in [0.4, 0.5) is 0 Å². The zero-order chi connectivity index (χ0) is 53.6. The van der Waals surface area contributed by atoms with E-state index < -0.39 is 6.10 Å². The van der Waals surface area contributed by atoms with Gasteiger partial charge in [-0.15, -0.1) is 0 Å². The first kappa shape index (κ1) is 69.5. The van der Waals surface area contributed by atoms with Crippen LogP contribution in [0.15, 0.2) is 134 Å². The molecule has 1 unspecified atom stereocenters. The number of carbonyl (C=O) groups is 3. The Hall–Kier alpha value is -4.45. The lowest BCUT2D eigenvalue weighted by Crippen LogP contribution is -2.30. The van der Waals surface area contributed by atoms with E-state index in [1.807, 2.05) is 0 Å². The van der Waals surface area contributed by atoms with Crippen molar-refractivity contribution in [1.29, 1.82) is 0 Å². The summed E-state index contributed by atoms with van der Waals surface area (Å²) in [5, 5.41) is 0. The van der Waals surface area contributed by atoms with Crippen LogP contribution < -0.4 is 0 Å². The number of unbranched alkanes of at least 4 members (excludes halogenated alkanes) is 20. The van der Waals surface area contributed by atoms with E-state index in [0.717, 1.165) is 161 Å². The molecule has 418 valence electrons. The molecule has 0 heterocycles. The number of hydrogen-bond donors (Lipinski definition) is 0. The maximum absolute atomic E-state index is 12.8. The molecule has 0 fully saturated rings. The molecule has 0 aliphatic rings. The summed E-state index contributed by atoms with van der Waals surface area (Å²) in [5.74, 6) is -0.951. The summed E-state index contributed by atoms with van der Waals surface area (Å²) in [6, 6.07) is 0. The molecule has 0 amide bonds. The van der Waals surface area contributed by atoms with E-state index in [1.54, 1.807) is 0 Å². The maximum atomic E-state index is 12.8. The molecule has 0 aromatic rings. The predicted molar refractivity (Wildman–Crippen MR) is 320 cm³/mol. The minimum absolute atomic E-state index is 0.0998. The van der Waals surface area contributed by atoms with E-state index in [1.165, 1.54) is 57.8 Å². The number of hydrogen-bond acceptors (Lipinski definition) is 6. The van der Waals surface area contributed by atoms with Gasteiger partial charge < -0.3 is 14.2 Å². The largest absolute Gasteiger partial charge is 0.462 e. The fourth-order valence-corrected chi connectivity index (χ4v) is 7.83. The number of carbonyl (C=O) groups excluding carboxylic acids is 3. The van der Waals surface area contributed by atoms with Crippen LogP contribution in [0.2, 0.25) is 0 Å². The predicted octanol–water partition coefficient (Wildman–Crippen LogP) is 20.6. The van der Waals surface area contributed by atoms with E-state index >= 15 is 0 Å². The van der Waals surface area contributed by atoms with Crippen LogP contribution in [0.5, 0.6) is 0 Å². The second-order valence-corrected chi connectivity index (χ2v) is 19.5. The van der Waals surface area contributed by atoms with Crippen LogP contribution in [0.1, 0.15) is 258 Å². The SMILES string of the molecule is CC/C=C\C/C=C\C/C=C\C/C=C\C/C=C\C/C=C\C/C=C\C/C=C\CCCCCCC(=O)OCC(COC(=O)CCCCCCC/C=C\CCCCC)OC(=O)CCCCCCC/C=C\C/C=C\CCCCC. The zero-order valence-corrected chi connectivity index (χ0v) is 47.8. The first-order valence-corrected chi connectivity index (χ1v) is 30.2. The Balaban J connectivity index is 4.38. The Morgan fingerprint density at radius 1 is 0.284 bits per heavy atom. The van der Waals surface area contributed by atoms with E-state index in [9.17, 15) is 14.4 Å². The molecule has 0 saturated carbocycles. The average Bonchev–Trinajstić information content (AvgIpc) is 3.40. The number of esters is 3. The second kappa shape index (κ2) is 61.1. The minimum Gasteiger partial charge on any atom is -0.462 e. The quantitative estimate of drug-likeness (QED) is 0.0261. The number of rotatable bonds is 53. The van der Waals surface area contributed by atoms with Gasteiger partial charge in [0.05, 0.1) is 0 Å². The molecule has 74 heavy (non-hydrogen) atoms. The smallest absolute Gasteiger partial charge is 0.306 e. The van der Waals surface area contributed by atoms with Crippen molar-refractivity contribution in [3.05, 3.63) is 134 Å². The number of allylic oxidation sites excluding steroid dienone is 22. The summed E-state index contributed by atoms with van der Waals surface area (Å²) < 4.78 is 16.8. The molecule has 0 aromatic carbocycles. The second-order valence-electron chi connectivity index (χ2n) is 19.5. The third kappa shape index (κ3) is 58.4. The van der Waals surface area contributed by atoms with Crippen LogP contribution in [0.25, 0.3) is 0 Å². The van der Waals surface area contributed by atoms with E-state index in [0.29, 0.717) is 19.3 Å². The summed E-state index contributed by atoms with van der Waals surface area (Å²) in [6.07, 6.45) is 85.9. The Labute approximate surface area is 455 Å². The minimum atomic E-state index is -0.804. The van der Waals surface area contributed by atoms with Gasteiger partial charge in [0, 0.05) is 19.3 Å². The first-order chi connectivity index (χ1) is 36.5. The molecule has 0 bridgehead atoms. The molecule has 0 rings (SSSR count). The van der Waals surface area contributed by atoms with Gasteiger partial charge in [-0.25, -0.2) is 0 Å². The lowest BCUT2D eigenvalue weighted by Gasteiger charge is -2.18. The molecule has 0 aliphatic heterocycles. The monoisotopic (exact) mass is 1020 g/mol. The van der Waals surface area contributed by atoms with Crippen molar-refractivity contribution in [2.75, 3.05) is 13.2 Å². The van der Waals surface area contributed by atoms with Gasteiger partial charge in [0.25, 0.3) is 0 Å². The maximum Gasteiger partial charge on any atom is 0.306 e. The lowest BCUT2D eigenvalue weighted by atomic mass is 10.1. The van der Waals surface area contributed by atoms with Crippen LogP contribution >= 0.6 is 0 Å². The Kier molecular flexibility index (Phi) is 57.4. The lowest BCUT2D eigenvalue weighted by molar-refractivity contribution is -0.167. The molecular formula is C68H110O6. The van der Waals surface area contributed by atoms with E-state index in [-0.39, 0.29) is 31.1 Å². The van der Waals surface area contributed by atoms with Gasteiger partial charge in [0.1, 0.15) is 13.2 Å². The molecule has 0 aliphatic carbocycles. The highest BCUT2D eigenvalue weighted by Crippen LogP contribution is 2.13. The van der Waals surface area contributed by atoms with Gasteiger partial charge in [-0.05, 0) is 141 Å². The molecule has 1 atom stereocenters. The molecule has 0 aromatic heterocycles. The van der Waals surface area contributed by atoms with Crippen LogP contribution in [-0.4, -0.2) is 37.2 Å². The van der Waals surface area contributed by atoms with Crippen LogP contribution in [-0.2, 0) is 28.6 Å². The first-order valence-electron chi connectivity index (χ1n) is 30.2. The highest BCUT2D eigenvalue weighted by Gasteiger charge is 2.19. The van der Waals surface area contributed by atoms with Crippen molar-refractivity contribution in [3.63, 3.8) is 0 Å². The van der Waals surface area contributed by atoms with Crippen LogP contribution in [0.3, 0.4) is 0 Å². The standard InChI is InChI=1S/C68H110O6/c1-4-7-10-13-16-19-22-25-27-28-29-30-31-32-33-34-35-36-37-38-39-40-42-43-46-49-52-55-58-61-67(70)73-64-65(63-72-66(69)60-57-54-51-48-45-24-21-18-15-12-9-6-3)74-68(71)62-59-56-53-50-47-44-41-26-23-20-17-14-11-8-5-2/h7,10,16-21,25-27,29-30,32-33,35-36,38-39,41-43,65H,4-6,8-9,11-15,22-24,28,31,34,37,40,44-64H2,1-3H3/b10-7-,19-16-,20-17-,21-18-,27-25-,30-29-,33-32-,36-35-,39-38-,41-26-,43-42-. The van der Waals surface area contributed by atoms with Gasteiger partial charge >= 0.3 is 17.9 Å². The van der Waals surface area contributed by atoms with Crippen molar-refractivity contribution in [1.82, 2.24) is 0 Å². The average molecular weight is 1020 g/mol. The third-order valence-electron chi connectivity index (χ3n) is 12.4. The summed E-state index contributed by atoms with van der Waals surface area (Å²) in [6.45, 7) is 6.43. The fraction of sp³-hybridized carbons (Fsp3) is 0.632. The fourth-order valence-electron chi connectivity index (χ4n) is 7.83. The molecule has 0 saturated heterocycles. The molecule has 6 nitrogen and oxygen atoms in total. The molecule has 0 N–H and O–H groups in total. The molecular weight excluding hydrogens is 913 g/mol. The zero-order valence-electron chi connectivity index (χ0n) is 47.8. The van der Waals surface area contributed by atoms with Crippen molar-refractivity contribution >= 4 is 17.9 Å². The summed E-state index contributed by atoms with van der Waals surface area (Å²) in [5.41, 5.74) is 0. The van der Waals surface area contributed by atoms with Crippen molar-refractivity contribution in [2.24, 2.45) is 0 Å². The highest BCUT2D eigenvalue weighted by atomic mass is 16.6. The Morgan fingerprint density at radius 2 is 0.527 bits per heavy atom. The topological polar surface area (TPSA) is 78.9 Å². The summed E-state index contributed by atoms with van der Waals surface area (Å²) in [4.78, 5) is 38.2. The molecule has 6 heteroatoms. The normalized spacial score (nSPS) is 13.1. The highest BCUT2D eigenvalue weighted by molar-refractivity contribution is 5.71. The van der Waals surface area contributed by atoms with Crippen LogP contribution in [0, 0.1) is 0 Å². The molecule has 0 spiro atoms. The van der Waals surface area contributed by atoms with Crippen molar-refractivity contribution < 1.29 is 28.6 Å². The van der Waals surface area contributed by atoms with Gasteiger partial charge in [0.2, 0.25) is 0 Å². The van der Waals surface area contributed by atoms with Crippen molar-refractivity contribution in [3.8, 4) is 0 Å². The van der Waals surface area contributed by atoms with E-state index in [2.05, 4.69) is 154 Å². The Morgan fingerprint density at radius 3 is 0.838 bits per heavy atom. The van der Waals surface area contributed by atoms with Gasteiger partial charge in [-0.2, -0.15) is 0 Å². The third-order valence-corrected chi connectivity index (χ3v) is 12.4. The molecule has 0 radical (unpaired) electrons.